The lowest BCUT2D eigenvalue weighted by molar-refractivity contribution is 0.0783. The Morgan fingerprint density at radius 2 is 1.96 bits per heavy atom. The van der Waals surface area contributed by atoms with Crippen molar-refractivity contribution in [2.24, 2.45) is 0 Å². The average molecular weight is 379 g/mol. The molecule has 2 N–H and O–H groups in total. The van der Waals surface area contributed by atoms with E-state index >= 15 is 0 Å². The number of rotatable bonds is 10. The average Bonchev–Trinajstić information content (AvgIpc) is 2.66. The number of ketones is 1. The molecule has 6 nitrogen and oxygen atoms in total. The van der Waals surface area contributed by atoms with Crippen LogP contribution in [-0.4, -0.2) is 68.3 Å². The van der Waals surface area contributed by atoms with E-state index in [-0.39, 0.29) is 17.9 Å². The number of carbonyl (C=O) groups excluding carboxylic acids is 1. The summed E-state index contributed by atoms with van der Waals surface area (Å²) in [5.41, 5.74) is 0.757. The third-order valence-electron chi connectivity index (χ3n) is 5.57. The Balaban J connectivity index is 1.82. The van der Waals surface area contributed by atoms with Crippen LogP contribution < -0.4 is 14.8 Å². The van der Waals surface area contributed by atoms with Crippen molar-refractivity contribution in [2.75, 3.05) is 40.9 Å². The Labute approximate surface area is 162 Å². The van der Waals surface area contributed by atoms with Crippen LogP contribution in [0.15, 0.2) is 18.2 Å². The molecule has 1 aliphatic rings. The quantitative estimate of drug-likeness (QED) is 0.610. The van der Waals surface area contributed by atoms with E-state index in [0.717, 1.165) is 6.54 Å². The largest absolute Gasteiger partial charge is 0.493 e. The monoisotopic (exact) mass is 378 g/mol. The zero-order valence-electron chi connectivity index (χ0n) is 17.1. The summed E-state index contributed by atoms with van der Waals surface area (Å²) in [5, 5.41) is 13.7. The molecule has 0 aliphatic heterocycles. The molecular weight excluding hydrogens is 344 g/mol. The molecule has 1 atom stereocenters. The van der Waals surface area contributed by atoms with E-state index in [9.17, 15) is 9.90 Å². The summed E-state index contributed by atoms with van der Waals surface area (Å²) < 4.78 is 11.0. The van der Waals surface area contributed by atoms with Gasteiger partial charge in [-0.3, -0.25) is 4.79 Å². The van der Waals surface area contributed by atoms with Crippen LogP contribution in [0.1, 0.15) is 49.4 Å². The predicted molar refractivity (Wildman–Crippen MR) is 107 cm³/mol. The normalized spacial score (nSPS) is 17.6. The number of ether oxygens (including phenoxy) is 2. The molecule has 1 saturated carbocycles. The summed E-state index contributed by atoms with van der Waals surface area (Å²) in [6.45, 7) is 3.02. The van der Waals surface area contributed by atoms with Crippen molar-refractivity contribution in [3.05, 3.63) is 23.8 Å². The highest BCUT2D eigenvalue weighted by Crippen LogP contribution is 2.31. The minimum atomic E-state index is -0.620. The lowest BCUT2D eigenvalue weighted by atomic mass is 9.80. The van der Waals surface area contributed by atoms with Gasteiger partial charge in [-0.15, -0.1) is 0 Å². The fourth-order valence-electron chi connectivity index (χ4n) is 3.71. The summed E-state index contributed by atoms with van der Waals surface area (Å²) in [5.74, 6) is 0.997. The predicted octanol–water partition coefficient (Wildman–Crippen LogP) is 2.49. The van der Waals surface area contributed by atoms with E-state index in [2.05, 4.69) is 24.3 Å². The Morgan fingerprint density at radius 1 is 1.26 bits per heavy atom. The molecule has 1 aromatic carbocycles. The Morgan fingerprint density at radius 3 is 2.56 bits per heavy atom. The Kier molecular flexibility index (Phi) is 8.07. The van der Waals surface area contributed by atoms with Crippen LogP contribution in [0.4, 0.5) is 0 Å². The molecule has 6 heteroatoms. The molecule has 0 aromatic heterocycles. The first-order chi connectivity index (χ1) is 12.9. The van der Waals surface area contributed by atoms with Crippen molar-refractivity contribution < 1.29 is 19.4 Å². The van der Waals surface area contributed by atoms with Gasteiger partial charge in [0.1, 0.15) is 12.7 Å². The van der Waals surface area contributed by atoms with Crippen LogP contribution in [0.2, 0.25) is 0 Å². The first kappa shape index (κ1) is 21.7. The van der Waals surface area contributed by atoms with Gasteiger partial charge in [0.05, 0.1) is 7.11 Å². The Bertz CT molecular complexity index is 612. The van der Waals surface area contributed by atoms with Gasteiger partial charge in [0.15, 0.2) is 17.3 Å². The third kappa shape index (κ3) is 5.92. The third-order valence-corrected chi connectivity index (χ3v) is 5.57. The number of nitrogens with zero attached hydrogens (tertiary/aromatic N) is 1. The summed E-state index contributed by atoms with van der Waals surface area (Å²) >= 11 is 0. The van der Waals surface area contributed by atoms with Crippen LogP contribution >= 0.6 is 0 Å². The van der Waals surface area contributed by atoms with Gasteiger partial charge in [0.25, 0.3) is 0 Å². The van der Waals surface area contributed by atoms with E-state index in [1.807, 2.05) is 0 Å². The SMILES string of the molecule is COc1cc(C(C)=O)ccc1OCC(O)CNCC1(N(C)C)CCCCC1. The van der Waals surface area contributed by atoms with E-state index < -0.39 is 6.10 Å². The molecule has 1 aromatic rings. The highest BCUT2D eigenvalue weighted by molar-refractivity contribution is 5.94. The van der Waals surface area contributed by atoms with Crippen LogP contribution in [-0.2, 0) is 0 Å². The van der Waals surface area contributed by atoms with Crippen molar-refractivity contribution in [1.82, 2.24) is 10.2 Å². The molecule has 1 unspecified atom stereocenters. The van der Waals surface area contributed by atoms with Gasteiger partial charge in [-0.25, -0.2) is 0 Å². The lowest BCUT2D eigenvalue weighted by Gasteiger charge is -2.43. The number of aliphatic hydroxyl groups excluding tert-OH is 1. The van der Waals surface area contributed by atoms with Crippen molar-refractivity contribution >= 4 is 5.78 Å². The number of nitrogens with one attached hydrogen (secondary N) is 1. The molecular formula is C21H34N2O4. The van der Waals surface area contributed by atoms with E-state index in [1.165, 1.54) is 46.1 Å². The molecule has 0 spiro atoms. The van der Waals surface area contributed by atoms with Crippen LogP contribution in [0, 0.1) is 0 Å². The van der Waals surface area contributed by atoms with Gasteiger partial charge in [0.2, 0.25) is 0 Å². The highest BCUT2D eigenvalue weighted by Gasteiger charge is 2.33. The molecule has 2 rings (SSSR count). The standard InChI is InChI=1S/C21H34N2O4/c1-16(24)17-8-9-19(20(12-17)26-4)27-14-18(25)13-22-15-21(23(2)3)10-6-5-7-11-21/h8-9,12,18,22,25H,5-7,10-11,13-15H2,1-4H3. The zero-order chi connectivity index (χ0) is 19.9. The molecule has 0 heterocycles. The molecule has 152 valence electrons. The highest BCUT2D eigenvalue weighted by atomic mass is 16.5. The number of carbonyl (C=O) groups is 1. The molecule has 27 heavy (non-hydrogen) atoms. The number of likely N-dealkylation sites (N-methyl/N-ethyl adjacent to an activating group) is 1. The van der Waals surface area contributed by atoms with Crippen molar-refractivity contribution in [3.8, 4) is 11.5 Å². The summed E-state index contributed by atoms with van der Waals surface area (Å²) in [6, 6.07) is 5.07. The van der Waals surface area contributed by atoms with Gasteiger partial charge in [-0.2, -0.15) is 0 Å². The van der Waals surface area contributed by atoms with Gasteiger partial charge < -0.3 is 24.8 Å². The molecule has 0 saturated heterocycles. The maximum atomic E-state index is 11.5. The summed E-state index contributed by atoms with van der Waals surface area (Å²) in [7, 11) is 5.82. The second-order valence-electron chi connectivity index (χ2n) is 7.70. The molecule has 1 aliphatic carbocycles. The number of benzene rings is 1. The van der Waals surface area contributed by atoms with Crippen molar-refractivity contribution in [3.63, 3.8) is 0 Å². The topological polar surface area (TPSA) is 71.0 Å². The molecule has 0 bridgehead atoms. The number of hydrogen-bond acceptors (Lipinski definition) is 6. The van der Waals surface area contributed by atoms with Crippen LogP contribution in [0.3, 0.4) is 0 Å². The van der Waals surface area contributed by atoms with E-state index in [0.29, 0.717) is 23.6 Å². The number of Topliss-reactive ketones (excluding diaryl/α,β-unsaturated/α-hetero) is 1. The fourth-order valence-corrected chi connectivity index (χ4v) is 3.71. The van der Waals surface area contributed by atoms with Gasteiger partial charge in [-0.1, -0.05) is 19.3 Å². The number of aliphatic hydroxyl groups is 1. The van der Waals surface area contributed by atoms with Gasteiger partial charge in [-0.05, 0) is 52.1 Å². The maximum Gasteiger partial charge on any atom is 0.161 e. The Hall–Kier alpha value is -1.63. The van der Waals surface area contributed by atoms with Gasteiger partial charge in [0, 0.05) is 24.2 Å². The van der Waals surface area contributed by atoms with Gasteiger partial charge >= 0.3 is 0 Å². The van der Waals surface area contributed by atoms with E-state index in [4.69, 9.17) is 9.47 Å². The summed E-state index contributed by atoms with van der Waals surface area (Å²) in [4.78, 5) is 13.8. The molecule has 1 fully saturated rings. The second kappa shape index (κ2) is 10.1. The molecule has 0 amide bonds. The van der Waals surface area contributed by atoms with E-state index in [1.54, 1.807) is 18.2 Å². The first-order valence-electron chi connectivity index (χ1n) is 9.76. The smallest absolute Gasteiger partial charge is 0.161 e. The maximum absolute atomic E-state index is 11.5. The first-order valence-corrected chi connectivity index (χ1v) is 9.76. The fraction of sp³-hybridized carbons (Fsp3) is 0.667. The summed E-state index contributed by atoms with van der Waals surface area (Å²) in [6.07, 6.45) is 5.61. The van der Waals surface area contributed by atoms with Crippen molar-refractivity contribution in [2.45, 2.75) is 50.7 Å². The number of hydrogen-bond donors (Lipinski definition) is 2. The molecule has 0 radical (unpaired) electrons. The minimum Gasteiger partial charge on any atom is -0.493 e. The van der Waals surface area contributed by atoms with Crippen LogP contribution in [0.5, 0.6) is 11.5 Å². The zero-order valence-corrected chi connectivity index (χ0v) is 17.1. The van der Waals surface area contributed by atoms with Crippen molar-refractivity contribution in [1.29, 1.82) is 0 Å². The number of methoxy groups -OCH3 is 1. The second-order valence-corrected chi connectivity index (χ2v) is 7.70. The van der Waals surface area contributed by atoms with Crippen LogP contribution in [0.25, 0.3) is 0 Å². The minimum absolute atomic E-state index is 0.0263. The lowest BCUT2D eigenvalue weighted by Crippen LogP contribution is -2.53.